The van der Waals surface area contributed by atoms with Gasteiger partial charge in [0.05, 0.1) is 0 Å². The van der Waals surface area contributed by atoms with Gasteiger partial charge in [0, 0.05) is 4.70 Å². The summed E-state index contributed by atoms with van der Waals surface area (Å²) in [4.78, 5) is 0. The standard InChI is InChI=1S/C17H20BS/c1-4-7-18-17-9-13-8-14-11(2)5-6-12(3)15(14)10-16(13)19-17/h4,7-12H,5-6H2,1-3H3/b7-4+. The molecule has 2 atom stereocenters. The van der Waals surface area contributed by atoms with Gasteiger partial charge < -0.3 is 0 Å². The van der Waals surface area contributed by atoms with Gasteiger partial charge in [-0.25, -0.2) is 0 Å². The molecule has 0 bridgehead atoms. The molecule has 1 aliphatic carbocycles. The normalized spacial score (nSPS) is 22.9. The summed E-state index contributed by atoms with van der Waals surface area (Å²) in [6, 6.07) is 7.21. The molecule has 19 heavy (non-hydrogen) atoms. The van der Waals surface area contributed by atoms with E-state index in [2.05, 4.69) is 58.3 Å². The van der Waals surface area contributed by atoms with Gasteiger partial charge in [-0.1, -0.05) is 13.8 Å². The lowest BCUT2D eigenvalue weighted by molar-refractivity contribution is 0.528. The average Bonchev–Trinajstić information content (AvgIpc) is 2.81. The van der Waals surface area contributed by atoms with Gasteiger partial charge in [0.25, 0.3) is 0 Å². The lowest BCUT2D eigenvalue weighted by Crippen LogP contribution is -2.10. The predicted octanol–water partition coefficient (Wildman–Crippen LogP) is 4.77. The molecule has 0 aliphatic heterocycles. The molecule has 0 fully saturated rings. The van der Waals surface area contributed by atoms with E-state index in [1.807, 2.05) is 11.3 Å². The Labute approximate surface area is 120 Å². The first kappa shape index (κ1) is 13.0. The average molecular weight is 267 g/mol. The third kappa shape index (κ3) is 2.39. The van der Waals surface area contributed by atoms with Crippen LogP contribution < -0.4 is 4.78 Å². The first-order valence-corrected chi connectivity index (χ1v) is 8.04. The Morgan fingerprint density at radius 3 is 2.47 bits per heavy atom. The van der Waals surface area contributed by atoms with Gasteiger partial charge in [0.15, 0.2) is 7.28 Å². The van der Waals surface area contributed by atoms with Crippen molar-refractivity contribution < 1.29 is 0 Å². The molecule has 1 radical (unpaired) electrons. The highest BCUT2D eigenvalue weighted by Crippen LogP contribution is 2.40. The highest BCUT2D eigenvalue weighted by Gasteiger charge is 2.22. The van der Waals surface area contributed by atoms with Gasteiger partial charge in [0.1, 0.15) is 0 Å². The van der Waals surface area contributed by atoms with Crippen LogP contribution in [0.5, 0.6) is 0 Å². The van der Waals surface area contributed by atoms with E-state index in [0.29, 0.717) is 0 Å². The number of rotatable bonds is 2. The number of thiophene rings is 1. The van der Waals surface area contributed by atoms with E-state index in [9.17, 15) is 0 Å². The third-order valence-corrected chi connectivity index (χ3v) is 5.35. The van der Waals surface area contributed by atoms with Crippen LogP contribution in [0, 0.1) is 0 Å². The molecule has 0 N–H and O–H groups in total. The van der Waals surface area contributed by atoms with E-state index in [1.165, 1.54) is 27.7 Å². The number of hydrogen-bond acceptors (Lipinski definition) is 1. The molecule has 0 saturated carbocycles. The van der Waals surface area contributed by atoms with Crippen molar-refractivity contribution in [3.05, 3.63) is 41.4 Å². The summed E-state index contributed by atoms with van der Waals surface area (Å²) in [6.07, 6.45) is 4.75. The Balaban J connectivity index is 2.09. The molecule has 0 saturated heterocycles. The summed E-state index contributed by atoms with van der Waals surface area (Å²) >= 11 is 1.91. The minimum Gasteiger partial charge on any atom is -0.151 e. The molecule has 0 spiro atoms. The van der Waals surface area contributed by atoms with Crippen LogP contribution in [0.3, 0.4) is 0 Å². The van der Waals surface area contributed by atoms with Crippen molar-refractivity contribution in [2.75, 3.05) is 0 Å². The van der Waals surface area contributed by atoms with Crippen molar-refractivity contribution in [1.29, 1.82) is 0 Å². The molecular formula is C17H20BS. The highest BCUT2D eigenvalue weighted by molar-refractivity contribution is 7.27. The number of hydrogen-bond donors (Lipinski definition) is 0. The molecule has 2 aromatic rings. The van der Waals surface area contributed by atoms with E-state index in [0.717, 1.165) is 11.8 Å². The van der Waals surface area contributed by atoms with E-state index in [4.69, 9.17) is 0 Å². The zero-order valence-corrected chi connectivity index (χ0v) is 12.8. The van der Waals surface area contributed by atoms with E-state index in [1.54, 1.807) is 11.1 Å². The van der Waals surface area contributed by atoms with Crippen molar-refractivity contribution in [2.45, 2.75) is 45.4 Å². The SMILES string of the molecule is C/C=C/[B]c1cc2cc3c(cc2s1)C(C)CCC3C. The number of fused-ring (bicyclic) bond motifs is 2. The maximum atomic E-state index is 2.45. The van der Waals surface area contributed by atoms with Gasteiger partial charge in [-0.3, -0.25) is 0 Å². The van der Waals surface area contributed by atoms with Crippen molar-refractivity contribution in [1.82, 2.24) is 0 Å². The number of allylic oxidation sites excluding steroid dienone is 1. The summed E-state index contributed by atoms with van der Waals surface area (Å²) in [5.41, 5.74) is 3.17. The molecule has 1 aromatic carbocycles. The summed E-state index contributed by atoms with van der Waals surface area (Å²) in [7, 11) is 2.20. The maximum absolute atomic E-state index is 2.45. The van der Waals surface area contributed by atoms with Crippen LogP contribution in [0.2, 0.25) is 0 Å². The summed E-state index contributed by atoms with van der Waals surface area (Å²) in [6.45, 7) is 6.80. The van der Waals surface area contributed by atoms with Crippen molar-refractivity contribution >= 4 is 33.5 Å². The highest BCUT2D eigenvalue weighted by atomic mass is 32.1. The molecule has 1 aromatic heterocycles. The van der Waals surface area contributed by atoms with E-state index in [-0.39, 0.29) is 0 Å². The Bertz CT molecular complexity index is 576. The monoisotopic (exact) mass is 267 g/mol. The van der Waals surface area contributed by atoms with Crippen LogP contribution in [0.15, 0.2) is 30.3 Å². The first-order chi connectivity index (χ1) is 9.19. The van der Waals surface area contributed by atoms with Crippen LogP contribution in [0.1, 0.15) is 56.6 Å². The number of benzene rings is 1. The Kier molecular flexibility index (Phi) is 3.53. The van der Waals surface area contributed by atoms with Crippen LogP contribution in [-0.2, 0) is 0 Å². The fraction of sp³-hybridized carbons (Fsp3) is 0.412. The molecular weight excluding hydrogens is 247 g/mol. The fourth-order valence-electron chi connectivity index (χ4n) is 3.08. The summed E-state index contributed by atoms with van der Waals surface area (Å²) in [5, 5.41) is 1.42. The topological polar surface area (TPSA) is 0 Å². The van der Waals surface area contributed by atoms with Crippen LogP contribution in [0.25, 0.3) is 10.1 Å². The second-order valence-corrected chi connectivity index (χ2v) is 6.85. The van der Waals surface area contributed by atoms with Crippen molar-refractivity contribution in [2.24, 2.45) is 0 Å². The smallest absolute Gasteiger partial charge is 0.151 e. The Hall–Kier alpha value is -1.02. The van der Waals surface area contributed by atoms with Crippen LogP contribution >= 0.6 is 11.3 Å². The minimum atomic E-state index is 0.721. The van der Waals surface area contributed by atoms with Gasteiger partial charge in [-0.05, 0) is 71.1 Å². The molecule has 1 heterocycles. The van der Waals surface area contributed by atoms with E-state index >= 15 is 0 Å². The Morgan fingerprint density at radius 2 is 1.79 bits per heavy atom. The lowest BCUT2D eigenvalue weighted by atomic mass is 9.76. The van der Waals surface area contributed by atoms with E-state index < -0.39 is 0 Å². The quantitative estimate of drug-likeness (QED) is 0.688. The molecule has 3 rings (SSSR count). The first-order valence-electron chi connectivity index (χ1n) is 7.22. The molecule has 0 amide bonds. The molecule has 1 aliphatic rings. The van der Waals surface area contributed by atoms with Crippen molar-refractivity contribution in [3.8, 4) is 0 Å². The van der Waals surface area contributed by atoms with Gasteiger partial charge in [-0.15, -0.1) is 12.1 Å². The van der Waals surface area contributed by atoms with Gasteiger partial charge in [-0.2, -0.15) is 11.3 Å². The third-order valence-electron chi connectivity index (χ3n) is 4.29. The Morgan fingerprint density at radius 1 is 1.11 bits per heavy atom. The largest absolute Gasteiger partial charge is 0.194 e. The van der Waals surface area contributed by atoms with Gasteiger partial charge >= 0.3 is 0 Å². The molecule has 97 valence electrons. The van der Waals surface area contributed by atoms with Crippen LogP contribution in [-0.4, -0.2) is 7.28 Å². The van der Waals surface area contributed by atoms with Crippen LogP contribution in [0.4, 0.5) is 0 Å². The second-order valence-electron chi connectivity index (χ2n) is 5.74. The van der Waals surface area contributed by atoms with Gasteiger partial charge in [0.2, 0.25) is 0 Å². The predicted molar refractivity (Wildman–Crippen MR) is 88.1 cm³/mol. The molecule has 2 unspecified atom stereocenters. The fourth-order valence-corrected chi connectivity index (χ4v) is 4.09. The minimum absolute atomic E-state index is 0.721. The lowest BCUT2D eigenvalue weighted by Gasteiger charge is -2.27. The molecule has 2 heteroatoms. The second kappa shape index (κ2) is 5.17. The summed E-state index contributed by atoms with van der Waals surface area (Å²) < 4.78 is 2.80. The molecule has 0 nitrogen and oxygen atoms in total. The summed E-state index contributed by atoms with van der Waals surface area (Å²) in [5.74, 6) is 3.56. The zero-order chi connectivity index (χ0) is 13.4. The van der Waals surface area contributed by atoms with Crippen molar-refractivity contribution in [3.63, 3.8) is 0 Å². The zero-order valence-electron chi connectivity index (χ0n) is 11.9. The maximum Gasteiger partial charge on any atom is 0.194 e.